The van der Waals surface area contributed by atoms with Gasteiger partial charge in [-0.1, -0.05) is 36.4 Å². The molecular weight excluding hydrogens is 428 g/mol. The zero-order chi connectivity index (χ0) is 23.7. The lowest BCUT2D eigenvalue weighted by Crippen LogP contribution is -2.54. The minimum absolute atomic E-state index is 0.0516. The molecule has 0 aliphatic heterocycles. The summed E-state index contributed by atoms with van der Waals surface area (Å²) in [5.41, 5.74) is 2.34. The number of nitro groups is 1. The van der Waals surface area contributed by atoms with Gasteiger partial charge in [-0.15, -0.1) is 0 Å². The molecule has 6 nitrogen and oxygen atoms in total. The molecule has 0 spiro atoms. The van der Waals surface area contributed by atoms with Crippen molar-refractivity contribution in [2.24, 2.45) is 28.6 Å². The minimum Gasteiger partial charge on any atom is -0.377 e. The molecule has 2 aromatic rings. The van der Waals surface area contributed by atoms with Gasteiger partial charge in [0.25, 0.3) is 5.69 Å². The molecule has 6 heteroatoms. The SMILES string of the molecule is C[C@]12Cc3cnoc3C=C1CC[C@@H]1[C@@H]2CC[C@@]2(C)[C@H]1CC[C@@]2(O)C#Cc1ccc([N+](=O)[O-])cc1. The Morgan fingerprint density at radius 1 is 1.15 bits per heavy atom. The molecule has 4 aliphatic carbocycles. The van der Waals surface area contributed by atoms with Crippen molar-refractivity contribution < 1.29 is 14.6 Å². The number of aromatic nitrogens is 1. The van der Waals surface area contributed by atoms with Crippen LogP contribution in [0.2, 0.25) is 0 Å². The van der Waals surface area contributed by atoms with Gasteiger partial charge in [0.15, 0.2) is 5.76 Å². The smallest absolute Gasteiger partial charge is 0.269 e. The highest BCUT2D eigenvalue weighted by Crippen LogP contribution is 2.67. The van der Waals surface area contributed by atoms with Gasteiger partial charge in [0, 0.05) is 28.7 Å². The number of nitrogens with zero attached hydrogens (tertiary/aromatic N) is 2. The number of rotatable bonds is 1. The lowest BCUT2D eigenvalue weighted by molar-refractivity contribution is -0.384. The van der Waals surface area contributed by atoms with Gasteiger partial charge in [-0.2, -0.15) is 0 Å². The standard InChI is InChI=1S/C28H30N2O4/c1-26-16-19-17-29-34-25(19)15-20(26)5-8-22-23(26)10-12-27(2)24(22)11-14-28(27,31)13-9-18-3-6-21(7-4-18)30(32)33/h3-4,6-7,15,17,22-24,31H,5,8,10-12,14,16H2,1-2H3/t22-,23+,24+,26+,27+,28+/m1/s1. The van der Waals surface area contributed by atoms with E-state index in [-0.39, 0.29) is 16.5 Å². The van der Waals surface area contributed by atoms with Crippen LogP contribution in [0.3, 0.4) is 0 Å². The van der Waals surface area contributed by atoms with Crippen LogP contribution in [0.25, 0.3) is 6.08 Å². The van der Waals surface area contributed by atoms with Gasteiger partial charge in [0.05, 0.1) is 11.1 Å². The Morgan fingerprint density at radius 3 is 2.68 bits per heavy atom. The average molecular weight is 459 g/mol. The molecule has 3 fully saturated rings. The predicted octanol–water partition coefficient (Wildman–Crippen LogP) is 5.55. The Labute approximate surface area is 199 Å². The van der Waals surface area contributed by atoms with E-state index < -0.39 is 10.5 Å². The number of benzene rings is 1. The molecule has 1 N–H and O–H groups in total. The van der Waals surface area contributed by atoms with Crippen molar-refractivity contribution in [2.45, 2.75) is 64.4 Å². The number of nitro benzene ring substituents is 1. The molecule has 0 saturated heterocycles. The first kappa shape index (κ1) is 21.6. The molecule has 0 radical (unpaired) electrons. The highest BCUT2D eigenvalue weighted by molar-refractivity contribution is 5.57. The van der Waals surface area contributed by atoms with Crippen LogP contribution < -0.4 is 0 Å². The Hall–Kier alpha value is -2.91. The first-order valence-electron chi connectivity index (χ1n) is 12.4. The van der Waals surface area contributed by atoms with Crippen molar-refractivity contribution in [3.05, 3.63) is 63.0 Å². The van der Waals surface area contributed by atoms with Crippen molar-refractivity contribution in [2.75, 3.05) is 0 Å². The van der Waals surface area contributed by atoms with E-state index in [1.54, 1.807) is 12.1 Å². The minimum atomic E-state index is -1.03. The highest BCUT2D eigenvalue weighted by Gasteiger charge is 2.63. The van der Waals surface area contributed by atoms with Crippen molar-refractivity contribution >= 4 is 11.8 Å². The largest absolute Gasteiger partial charge is 0.377 e. The monoisotopic (exact) mass is 458 g/mol. The van der Waals surface area contributed by atoms with Gasteiger partial charge in [-0.05, 0) is 86.3 Å². The zero-order valence-corrected chi connectivity index (χ0v) is 19.7. The third kappa shape index (κ3) is 2.96. The summed E-state index contributed by atoms with van der Waals surface area (Å²) < 4.78 is 5.47. The van der Waals surface area contributed by atoms with Crippen LogP contribution >= 0.6 is 0 Å². The van der Waals surface area contributed by atoms with Crippen LogP contribution in [0.1, 0.15) is 69.3 Å². The molecular formula is C28H30N2O4. The van der Waals surface area contributed by atoms with E-state index in [9.17, 15) is 15.2 Å². The summed E-state index contributed by atoms with van der Waals surface area (Å²) >= 11 is 0. The van der Waals surface area contributed by atoms with Crippen molar-refractivity contribution in [1.82, 2.24) is 5.16 Å². The number of aliphatic hydroxyl groups is 1. The van der Waals surface area contributed by atoms with Crippen LogP contribution in [0.15, 0.2) is 40.6 Å². The van der Waals surface area contributed by atoms with E-state index in [4.69, 9.17) is 4.52 Å². The van der Waals surface area contributed by atoms with Crippen LogP contribution in [0, 0.1) is 50.5 Å². The van der Waals surface area contributed by atoms with E-state index in [0.29, 0.717) is 29.7 Å². The second-order valence-electron chi connectivity index (χ2n) is 11.3. The maximum absolute atomic E-state index is 11.8. The first-order chi connectivity index (χ1) is 16.2. The summed E-state index contributed by atoms with van der Waals surface area (Å²) in [5, 5.41) is 26.8. The van der Waals surface area contributed by atoms with E-state index in [1.807, 2.05) is 6.20 Å². The molecule has 1 aromatic carbocycles. The molecule has 176 valence electrons. The Kier molecular flexibility index (Phi) is 4.64. The van der Waals surface area contributed by atoms with Crippen molar-refractivity contribution in [3.8, 4) is 11.8 Å². The fourth-order valence-corrected chi connectivity index (χ4v) is 7.95. The van der Waals surface area contributed by atoms with Crippen LogP contribution in [-0.2, 0) is 6.42 Å². The molecule has 6 atom stereocenters. The van der Waals surface area contributed by atoms with Crippen LogP contribution in [0.5, 0.6) is 0 Å². The molecule has 0 unspecified atom stereocenters. The van der Waals surface area contributed by atoms with E-state index in [2.05, 4.69) is 36.9 Å². The second-order valence-corrected chi connectivity index (χ2v) is 11.3. The van der Waals surface area contributed by atoms with Crippen LogP contribution in [0.4, 0.5) is 5.69 Å². The topological polar surface area (TPSA) is 89.4 Å². The fraction of sp³-hybridized carbons (Fsp3) is 0.536. The number of hydrogen-bond donors (Lipinski definition) is 1. The number of fused-ring (bicyclic) bond motifs is 6. The van der Waals surface area contributed by atoms with Crippen molar-refractivity contribution in [1.29, 1.82) is 0 Å². The maximum atomic E-state index is 11.8. The summed E-state index contributed by atoms with van der Waals surface area (Å²) in [6.45, 7) is 4.68. The average Bonchev–Trinajstić information content (AvgIpc) is 3.37. The van der Waals surface area contributed by atoms with Gasteiger partial charge < -0.3 is 9.63 Å². The van der Waals surface area contributed by atoms with E-state index >= 15 is 0 Å². The van der Waals surface area contributed by atoms with Gasteiger partial charge in [-0.3, -0.25) is 10.1 Å². The van der Waals surface area contributed by atoms with E-state index in [1.165, 1.54) is 23.3 Å². The summed E-state index contributed by atoms with van der Waals surface area (Å²) in [5.74, 6) is 8.93. The van der Waals surface area contributed by atoms with Gasteiger partial charge in [0.1, 0.15) is 5.60 Å². The zero-order valence-electron chi connectivity index (χ0n) is 19.7. The molecule has 1 aromatic heterocycles. The molecule has 3 saturated carbocycles. The van der Waals surface area contributed by atoms with Gasteiger partial charge >= 0.3 is 0 Å². The molecule has 0 amide bonds. The molecule has 4 aliphatic rings. The lowest BCUT2D eigenvalue weighted by Gasteiger charge is -2.58. The Morgan fingerprint density at radius 2 is 1.91 bits per heavy atom. The molecule has 1 heterocycles. The first-order valence-corrected chi connectivity index (χ1v) is 12.4. The lowest BCUT2D eigenvalue weighted by atomic mass is 9.46. The summed E-state index contributed by atoms with van der Waals surface area (Å²) in [6.07, 6.45) is 11.1. The third-order valence-electron chi connectivity index (χ3n) is 9.92. The summed E-state index contributed by atoms with van der Waals surface area (Å²) in [7, 11) is 0. The van der Waals surface area contributed by atoms with Crippen molar-refractivity contribution in [3.63, 3.8) is 0 Å². The Bertz CT molecular complexity index is 1250. The quantitative estimate of drug-likeness (QED) is 0.344. The number of allylic oxidation sites excluding steroid dienone is 1. The van der Waals surface area contributed by atoms with E-state index in [0.717, 1.165) is 44.3 Å². The second kappa shape index (κ2) is 7.29. The molecule has 6 rings (SSSR count). The predicted molar refractivity (Wildman–Crippen MR) is 127 cm³/mol. The highest BCUT2D eigenvalue weighted by atomic mass is 16.6. The summed E-state index contributed by atoms with van der Waals surface area (Å²) in [6, 6.07) is 6.27. The third-order valence-corrected chi connectivity index (χ3v) is 9.92. The number of hydrogen-bond acceptors (Lipinski definition) is 5. The molecule has 34 heavy (non-hydrogen) atoms. The number of non-ortho nitro benzene ring substituents is 1. The molecule has 0 bridgehead atoms. The fourth-order valence-electron chi connectivity index (χ4n) is 7.95. The summed E-state index contributed by atoms with van der Waals surface area (Å²) in [4.78, 5) is 10.5. The van der Waals surface area contributed by atoms with Gasteiger partial charge in [0.2, 0.25) is 0 Å². The maximum Gasteiger partial charge on any atom is 0.269 e. The van der Waals surface area contributed by atoms with Gasteiger partial charge in [-0.25, -0.2) is 0 Å². The Balaban J connectivity index is 1.28. The van der Waals surface area contributed by atoms with Crippen LogP contribution in [-0.4, -0.2) is 20.8 Å². The normalized spacial score (nSPS) is 37.9.